The summed E-state index contributed by atoms with van der Waals surface area (Å²) < 4.78 is 0.0600. The van der Waals surface area contributed by atoms with Gasteiger partial charge in [0.1, 0.15) is 27.1 Å². The number of hydrogen-bond donors (Lipinski definition) is 4. The first-order valence-electron chi connectivity index (χ1n) is 11.1. The predicted octanol–water partition coefficient (Wildman–Crippen LogP) is 2.03. The van der Waals surface area contributed by atoms with Gasteiger partial charge in [0.05, 0.1) is 0 Å². The number of aliphatic carboxylic acids is 1. The van der Waals surface area contributed by atoms with Crippen LogP contribution >= 0.6 is 46.5 Å². The van der Waals surface area contributed by atoms with Gasteiger partial charge in [-0.15, -0.1) is 23.5 Å². The molecule has 1 aromatic heterocycles. The van der Waals surface area contributed by atoms with Gasteiger partial charge in [0.2, 0.25) is 0 Å². The first-order chi connectivity index (χ1) is 17.3. The van der Waals surface area contributed by atoms with Gasteiger partial charge in [0, 0.05) is 17.5 Å². The number of rotatable bonds is 9. The molecule has 15 heteroatoms. The third kappa shape index (κ3) is 5.23. The number of carboxylic acid groups (broad SMARTS) is 1. The molecule has 11 nitrogen and oxygen atoms in total. The van der Waals surface area contributed by atoms with E-state index in [4.69, 9.17) is 17.3 Å². The van der Waals surface area contributed by atoms with Crippen molar-refractivity contribution in [2.24, 2.45) is 5.16 Å². The van der Waals surface area contributed by atoms with Crippen LogP contribution in [0.4, 0.5) is 5.13 Å². The van der Waals surface area contributed by atoms with Crippen molar-refractivity contribution >= 4 is 75.1 Å². The van der Waals surface area contributed by atoms with Gasteiger partial charge in [-0.25, -0.2) is 9.78 Å². The number of carbonyl (C=O) groups excluding carboxylic acids is 2. The molecule has 0 radical (unpaired) electrons. The molecule has 0 bridgehead atoms. The number of β-lactam (4-membered cyclic amide) rings is 1. The van der Waals surface area contributed by atoms with Crippen LogP contribution in [-0.4, -0.2) is 90.6 Å². The monoisotopic (exact) mass is 572 g/mol. The van der Waals surface area contributed by atoms with Crippen LogP contribution in [0.3, 0.4) is 0 Å². The molecule has 5 N–H and O–H groups in total. The first kappa shape index (κ1) is 26.8. The fourth-order valence-electron chi connectivity index (χ4n) is 4.44. The lowest BCUT2D eigenvalue weighted by Crippen LogP contribution is -2.71. The topological polar surface area (TPSA) is 161 Å². The van der Waals surface area contributed by atoms with Crippen LogP contribution in [0.5, 0.6) is 0 Å². The minimum atomic E-state index is -1.21. The molecule has 0 aliphatic carbocycles. The van der Waals surface area contributed by atoms with E-state index in [1.807, 2.05) is 5.41 Å². The molecule has 1 aromatic rings. The lowest BCUT2D eigenvalue weighted by Gasteiger charge is -2.49. The molecule has 3 aliphatic heterocycles. The van der Waals surface area contributed by atoms with E-state index in [9.17, 15) is 24.7 Å². The number of fused-ring (bicyclic) bond motifs is 1. The fraction of sp³-hybridized carbons (Fsp3) is 0.476. The van der Waals surface area contributed by atoms with E-state index in [2.05, 4.69) is 27.3 Å². The molecule has 0 saturated carbocycles. The largest absolute Gasteiger partial charge is 0.477 e. The van der Waals surface area contributed by atoms with Crippen molar-refractivity contribution in [2.75, 3.05) is 30.3 Å². The van der Waals surface area contributed by atoms with Gasteiger partial charge in [0.15, 0.2) is 10.8 Å². The highest BCUT2D eigenvalue weighted by Crippen LogP contribution is 2.41. The Balaban J connectivity index is 1.42. The van der Waals surface area contributed by atoms with E-state index < -0.39 is 34.9 Å². The number of nitrogens with zero attached hydrogens (tertiary/aromatic N) is 4. The van der Waals surface area contributed by atoms with Crippen molar-refractivity contribution in [2.45, 2.75) is 37.2 Å². The van der Waals surface area contributed by atoms with Crippen LogP contribution < -0.4 is 11.1 Å². The Labute approximate surface area is 224 Å². The zero-order valence-corrected chi connectivity index (χ0v) is 22.4. The number of carboxylic acids is 1. The van der Waals surface area contributed by atoms with Gasteiger partial charge in [-0.05, 0) is 43.0 Å². The van der Waals surface area contributed by atoms with Crippen molar-refractivity contribution in [3.63, 3.8) is 0 Å². The molecule has 0 unspecified atom stereocenters. The third-order valence-corrected chi connectivity index (χ3v) is 9.48. The fourth-order valence-corrected chi connectivity index (χ4v) is 7.66. The van der Waals surface area contributed by atoms with Crippen molar-refractivity contribution in [3.8, 4) is 0 Å². The summed E-state index contributed by atoms with van der Waals surface area (Å²) in [5.74, 6) is -1.37. The Morgan fingerprint density at radius 3 is 2.86 bits per heavy atom. The maximum atomic E-state index is 12.9. The molecule has 2 fully saturated rings. The Morgan fingerprint density at radius 1 is 1.44 bits per heavy atom. The molecule has 2 saturated heterocycles. The molecule has 3 atom stereocenters. The Kier molecular flexibility index (Phi) is 8.50. The number of allylic oxidation sites excluding steroid dienone is 1. The summed E-state index contributed by atoms with van der Waals surface area (Å²) >= 11 is 9.89. The van der Waals surface area contributed by atoms with E-state index in [0.717, 1.165) is 36.6 Å². The number of likely N-dealkylation sites (tertiary alicyclic amines) is 1. The summed E-state index contributed by atoms with van der Waals surface area (Å²) in [6.45, 7) is 4.29. The summed E-state index contributed by atoms with van der Waals surface area (Å²) in [6.07, 6.45) is 4.11. The molecular formula is C21H25ClN6O5S3. The second-order valence-electron chi connectivity index (χ2n) is 8.22. The highest BCUT2D eigenvalue weighted by molar-refractivity contribution is 8.02. The van der Waals surface area contributed by atoms with Crippen LogP contribution in [0.15, 0.2) is 27.9 Å². The highest BCUT2D eigenvalue weighted by Gasteiger charge is 2.54. The van der Waals surface area contributed by atoms with Gasteiger partial charge < -0.3 is 21.4 Å². The quantitative estimate of drug-likeness (QED) is 0.149. The zero-order valence-electron chi connectivity index (χ0n) is 19.2. The van der Waals surface area contributed by atoms with Crippen LogP contribution in [0.1, 0.15) is 25.5 Å². The maximum Gasteiger partial charge on any atom is 0.352 e. The number of halogens is 1. The Hall–Kier alpha value is -2.26. The molecule has 4 heterocycles. The Morgan fingerprint density at radius 2 is 2.22 bits per heavy atom. The van der Waals surface area contributed by atoms with Crippen LogP contribution in [-0.2, 0) is 14.4 Å². The summed E-state index contributed by atoms with van der Waals surface area (Å²) in [6, 6.07) is -0.474. The number of nitrogens with two attached hydrogens (primary N) is 1. The van der Waals surface area contributed by atoms with Gasteiger partial charge in [-0.1, -0.05) is 35.0 Å². The third-order valence-electron chi connectivity index (χ3n) is 6.19. The van der Waals surface area contributed by atoms with Gasteiger partial charge in [-0.3, -0.25) is 19.4 Å². The van der Waals surface area contributed by atoms with E-state index in [1.54, 1.807) is 17.8 Å². The lowest BCUT2D eigenvalue weighted by atomic mass is 10.0. The summed E-state index contributed by atoms with van der Waals surface area (Å²) in [4.78, 5) is 45.2. The lowest BCUT2D eigenvalue weighted by molar-refractivity contribution is -0.150. The van der Waals surface area contributed by atoms with Crippen molar-refractivity contribution in [3.05, 3.63) is 32.8 Å². The average molecular weight is 573 g/mol. The van der Waals surface area contributed by atoms with Crippen LogP contribution in [0.2, 0.25) is 4.34 Å². The smallest absolute Gasteiger partial charge is 0.352 e. The number of thioether (sulfide) groups is 2. The average Bonchev–Trinajstić information content (AvgIpc) is 3.45. The summed E-state index contributed by atoms with van der Waals surface area (Å²) in [5, 5.41) is 26.0. The SMILES string of the molecule is CCN1CCC[C@H]1CSC=CC1=C(C(=O)O)N2C(=O)[C@@H](NC(=O)/C(=N\O)c3nc(N)sc3Cl)[C@H]2SC1. The van der Waals surface area contributed by atoms with Crippen molar-refractivity contribution < 1.29 is 24.7 Å². The highest BCUT2D eigenvalue weighted by atomic mass is 35.5. The number of aromatic nitrogens is 1. The molecule has 36 heavy (non-hydrogen) atoms. The number of nitrogen functional groups attached to an aromatic ring is 1. The molecule has 2 amide bonds. The van der Waals surface area contributed by atoms with E-state index in [0.29, 0.717) is 17.4 Å². The molecule has 194 valence electrons. The molecule has 0 aromatic carbocycles. The molecule has 3 aliphatic rings. The molecule has 0 spiro atoms. The number of hydrogen-bond acceptors (Lipinski definition) is 11. The minimum absolute atomic E-state index is 0.0600. The van der Waals surface area contributed by atoms with Gasteiger partial charge >= 0.3 is 5.97 Å². The second-order valence-corrected chi connectivity index (χ2v) is 11.9. The van der Waals surface area contributed by atoms with E-state index in [1.165, 1.54) is 23.1 Å². The standard InChI is InChI=1S/C21H25ClN6O5S3/c1-2-27-6-3-4-11(27)9-34-7-5-10-8-35-19-14(18(30)28(19)15(10)20(31)32)24-17(29)13(26-33)12-16(22)36-21(23)25-12/h5,7,11,14,19,33H,2-4,6,8-9H2,1H3,(H2,23,25)(H,24,29)(H,31,32)/b7-5?,26-13-/t11-,14+,19+/m0/s1. The number of carbonyl (C=O) groups is 3. The first-order valence-corrected chi connectivity index (χ1v) is 14.4. The minimum Gasteiger partial charge on any atom is -0.477 e. The zero-order chi connectivity index (χ0) is 26.0. The van der Waals surface area contributed by atoms with Gasteiger partial charge in [0.25, 0.3) is 11.8 Å². The number of amides is 2. The van der Waals surface area contributed by atoms with Crippen molar-refractivity contribution in [1.29, 1.82) is 0 Å². The van der Waals surface area contributed by atoms with Crippen LogP contribution in [0.25, 0.3) is 0 Å². The van der Waals surface area contributed by atoms with Crippen molar-refractivity contribution in [1.82, 2.24) is 20.1 Å². The van der Waals surface area contributed by atoms with E-state index in [-0.39, 0.29) is 20.9 Å². The predicted molar refractivity (Wildman–Crippen MR) is 141 cm³/mol. The van der Waals surface area contributed by atoms with E-state index >= 15 is 0 Å². The molecular weight excluding hydrogens is 548 g/mol. The molecule has 4 rings (SSSR count). The maximum absolute atomic E-state index is 12.9. The second kappa shape index (κ2) is 11.4. The Bertz CT molecular complexity index is 1160. The summed E-state index contributed by atoms with van der Waals surface area (Å²) in [5.41, 5.74) is 5.44. The van der Waals surface area contributed by atoms with Crippen LogP contribution in [0, 0.1) is 0 Å². The number of anilines is 1. The summed E-state index contributed by atoms with van der Waals surface area (Å²) in [7, 11) is 0. The van der Waals surface area contributed by atoms with Gasteiger partial charge in [-0.2, -0.15) is 0 Å². The number of thiazole rings is 1. The number of oxime groups is 1. The normalized spacial score (nSPS) is 24.8. The number of nitrogens with one attached hydrogen (secondary N) is 1.